The third-order valence-corrected chi connectivity index (χ3v) is 4.97. The van der Waals surface area contributed by atoms with Crippen molar-refractivity contribution in [2.75, 3.05) is 32.5 Å². The van der Waals surface area contributed by atoms with E-state index in [9.17, 15) is 0 Å². The van der Waals surface area contributed by atoms with Gasteiger partial charge in [0.15, 0.2) is 11.4 Å². The van der Waals surface area contributed by atoms with Crippen molar-refractivity contribution in [3.8, 4) is 0 Å². The zero-order valence-corrected chi connectivity index (χ0v) is 15.4. The number of likely N-dealkylation sites (N-methyl/N-ethyl adjacent to an activating group) is 1. The summed E-state index contributed by atoms with van der Waals surface area (Å²) in [6, 6.07) is 0. The second-order valence-corrected chi connectivity index (χ2v) is 7.53. The lowest BCUT2D eigenvalue weighted by Crippen LogP contribution is -3.06. The predicted molar refractivity (Wildman–Crippen MR) is 99.4 cm³/mol. The van der Waals surface area contributed by atoms with E-state index < -0.39 is 0 Å². The Balaban J connectivity index is 1.87. The maximum absolute atomic E-state index is 6.15. The number of nitrogens with zero attached hydrogens (tertiary/aromatic N) is 3. The van der Waals surface area contributed by atoms with Crippen molar-refractivity contribution in [3.63, 3.8) is 0 Å². The molecule has 132 valence electrons. The molecule has 0 radical (unpaired) electrons. The minimum Gasteiger partial charge on any atom is -0.432 e. The highest BCUT2D eigenvalue weighted by Gasteiger charge is 2.26. The Bertz CT molecular complexity index is 929. The summed E-state index contributed by atoms with van der Waals surface area (Å²) in [7, 11) is 4.28. The number of hydrogen-bond donors (Lipinski definition) is 2. The minimum atomic E-state index is 0.399. The molecule has 0 amide bonds. The van der Waals surface area contributed by atoms with Gasteiger partial charge in [-0.1, -0.05) is 13.8 Å². The van der Waals surface area contributed by atoms with Crippen molar-refractivity contribution >= 4 is 28.0 Å². The summed E-state index contributed by atoms with van der Waals surface area (Å²) in [5.41, 5.74) is 6.31. The van der Waals surface area contributed by atoms with Gasteiger partial charge in [-0.25, -0.2) is 15.0 Å². The van der Waals surface area contributed by atoms with Crippen LogP contribution in [0.1, 0.15) is 43.0 Å². The van der Waals surface area contributed by atoms with Crippen molar-refractivity contribution in [1.29, 1.82) is 0 Å². The van der Waals surface area contributed by atoms with Gasteiger partial charge in [0.25, 0.3) is 0 Å². The molecule has 1 aliphatic carbocycles. The average molecular weight is 340 g/mol. The van der Waals surface area contributed by atoms with E-state index in [2.05, 4.69) is 43.2 Å². The van der Waals surface area contributed by atoms with Crippen molar-refractivity contribution < 1.29 is 9.32 Å². The number of quaternary nitrogens is 1. The summed E-state index contributed by atoms with van der Waals surface area (Å²) in [5, 5.41) is 4.48. The van der Waals surface area contributed by atoms with Crippen LogP contribution in [0.25, 0.3) is 22.2 Å². The molecule has 2 N–H and O–H groups in total. The van der Waals surface area contributed by atoms with Gasteiger partial charge >= 0.3 is 0 Å². The molecule has 1 aliphatic rings. The Morgan fingerprint density at radius 2 is 2.00 bits per heavy atom. The molecule has 25 heavy (non-hydrogen) atoms. The summed E-state index contributed by atoms with van der Waals surface area (Å²) >= 11 is 0. The van der Waals surface area contributed by atoms with Crippen LogP contribution < -0.4 is 10.2 Å². The van der Waals surface area contributed by atoms with E-state index >= 15 is 0 Å². The van der Waals surface area contributed by atoms with Gasteiger partial charge in [0.05, 0.1) is 38.3 Å². The van der Waals surface area contributed by atoms with Crippen LogP contribution in [0.5, 0.6) is 0 Å². The monoisotopic (exact) mass is 340 g/mol. The number of aromatic nitrogens is 3. The summed E-state index contributed by atoms with van der Waals surface area (Å²) in [6.07, 6.45) is 5.00. The number of pyridine rings is 1. The van der Waals surface area contributed by atoms with Crippen LogP contribution in [0.4, 0.5) is 5.82 Å². The lowest BCUT2D eigenvalue weighted by Gasteiger charge is -2.11. The number of hydrogen-bond acceptors (Lipinski definition) is 5. The SMILES string of the molecule is CC(C)c1nc2oc3c(NCC[NH+](C)C)ncnc3c2c2c1CCC2. The number of rotatable bonds is 5. The predicted octanol–water partition coefficient (Wildman–Crippen LogP) is 1.94. The zero-order chi connectivity index (χ0) is 17.6. The molecular formula is C19H26N5O+. The number of aryl methyl sites for hydroxylation is 1. The zero-order valence-electron chi connectivity index (χ0n) is 15.4. The lowest BCUT2D eigenvalue weighted by molar-refractivity contribution is -0.856. The van der Waals surface area contributed by atoms with Gasteiger partial charge in [0, 0.05) is 0 Å². The number of fused-ring (bicyclic) bond motifs is 5. The van der Waals surface area contributed by atoms with Crippen LogP contribution in [-0.2, 0) is 12.8 Å². The second kappa shape index (κ2) is 6.26. The van der Waals surface area contributed by atoms with Crippen LogP contribution in [0.3, 0.4) is 0 Å². The average Bonchev–Trinajstić information content (AvgIpc) is 3.17. The van der Waals surface area contributed by atoms with Gasteiger partial charge in [-0.3, -0.25) is 0 Å². The van der Waals surface area contributed by atoms with E-state index in [0.717, 1.165) is 48.2 Å². The molecule has 0 unspecified atom stereocenters. The smallest absolute Gasteiger partial charge is 0.229 e. The Morgan fingerprint density at radius 3 is 2.76 bits per heavy atom. The Labute approximate surface area is 147 Å². The van der Waals surface area contributed by atoms with Crippen LogP contribution in [0.2, 0.25) is 0 Å². The fraction of sp³-hybridized carbons (Fsp3) is 0.526. The van der Waals surface area contributed by atoms with Crippen LogP contribution in [0.15, 0.2) is 10.7 Å². The molecule has 0 aliphatic heterocycles. The molecule has 0 spiro atoms. The van der Waals surface area contributed by atoms with Crippen LogP contribution in [-0.4, -0.2) is 42.1 Å². The third kappa shape index (κ3) is 2.74. The first-order chi connectivity index (χ1) is 12.1. The number of furan rings is 1. The van der Waals surface area contributed by atoms with Gasteiger partial charge in [0.2, 0.25) is 5.71 Å². The lowest BCUT2D eigenvalue weighted by atomic mass is 9.99. The molecule has 0 saturated carbocycles. The maximum Gasteiger partial charge on any atom is 0.229 e. The highest BCUT2D eigenvalue weighted by molar-refractivity contribution is 6.06. The van der Waals surface area contributed by atoms with E-state index in [1.54, 1.807) is 6.33 Å². The fourth-order valence-corrected chi connectivity index (χ4v) is 3.76. The molecular weight excluding hydrogens is 314 g/mol. The largest absolute Gasteiger partial charge is 0.432 e. The first-order valence-electron chi connectivity index (χ1n) is 9.18. The first kappa shape index (κ1) is 16.3. The van der Waals surface area contributed by atoms with Crippen molar-refractivity contribution in [2.24, 2.45) is 0 Å². The minimum absolute atomic E-state index is 0.399. The third-order valence-electron chi connectivity index (χ3n) is 4.97. The Morgan fingerprint density at radius 1 is 1.20 bits per heavy atom. The van der Waals surface area contributed by atoms with Crippen molar-refractivity contribution in [3.05, 3.63) is 23.1 Å². The molecule has 0 aromatic carbocycles. The van der Waals surface area contributed by atoms with Crippen LogP contribution in [0, 0.1) is 0 Å². The Hall–Kier alpha value is -2.21. The molecule has 6 heteroatoms. The van der Waals surface area contributed by atoms with E-state index in [1.165, 1.54) is 28.1 Å². The summed E-state index contributed by atoms with van der Waals surface area (Å²) < 4.78 is 6.15. The summed E-state index contributed by atoms with van der Waals surface area (Å²) in [5.74, 6) is 1.17. The first-order valence-corrected chi connectivity index (χ1v) is 9.18. The number of anilines is 1. The standard InChI is InChI=1S/C19H25N5O/c1-11(2)15-13-7-5-6-12(13)14-16-17(25-19(14)23-15)18(22-10-21-16)20-8-9-24(3)4/h10-11H,5-9H2,1-4H3,(H,20,21,22)/p+1. The molecule has 3 aromatic rings. The Kier molecular flexibility index (Phi) is 4.07. The quantitative estimate of drug-likeness (QED) is 0.743. The van der Waals surface area contributed by atoms with Gasteiger partial charge in [-0.05, 0) is 36.3 Å². The fourth-order valence-electron chi connectivity index (χ4n) is 3.76. The van der Waals surface area contributed by atoms with Crippen molar-refractivity contribution in [1.82, 2.24) is 15.0 Å². The molecule has 3 aromatic heterocycles. The highest BCUT2D eigenvalue weighted by atomic mass is 16.3. The van der Waals surface area contributed by atoms with Crippen molar-refractivity contribution in [2.45, 2.75) is 39.0 Å². The normalized spacial score (nSPS) is 14.2. The van der Waals surface area contributed by atoms with Gasteiger partial charge < -0.3 is 14.6 Å². The van der Waals surface area contributed by atoms with Gasteiger partial charge in [-0.15, -0.1) is 0 Å². The molecule has 6 nitrogen and oxygen atoms in total. The van der Waals surface area contributed by atoms with E-state index in [4.69, 9.17) is 9.40 Å². The van der Waals surface area contributed by atoms with Gasteiger partial charge in [0.1, 0.15) is 11.8 Å². The van der Waals surface area contributed by atoms with E-state index in [1.807, 2.05) is 0 Å². The molecule has 0 bridgehead atoms. The summed E-state index contributed by atoms with van der Waals surface area (Å²) in [4.78, 5) is 15.2. The molecule has 0 saturated heterocycles. The topological polar surface area (TPSA) is 68.3 Å². The van der Waals surface area contributed by atoms with E-state index in [0.29, 0.717) is 11.6 Å². The molecule has 0 atom stereocenters. The second-order valence-electron chi connectivity index (χ2n) is 7.53. The van der Waals surface area contributed by atoms with Gasteiger partial charge in [-0.2, -0.15) is 0 Å². The van der Waals surface area contributed by atoms with Crippen LogP contribution >= 0.6 is 0 Å². The molecule has 4 rings (SSSR count). The molecule has 3 heterocycles. The summed E-state index contributed by atoms with van der Waals surface area (Å²) in [6.45, 7) is 6.25. The maximum atomic E-state index is 6.15. The molecule has 0 fully saturated rings. The number of nitrogens with one attached hydrogen (secondary N) is 2. The van der Waals surface area contributed by atoms with E-state index in [-0.39, 0.29) is 0 Å². The highest BCUT2D eigenvalue weighted by Crippen LogP contribution is 2.39.